The fourth-order valence-electron chi connectivity index (χ4n) is 1.91. The predicted molar refractivity (Wildman–Crippen MR) is 84.9 cm³/mol. The summed E-state index contributed by atoms with van der Waals surface area (Å²) in [6, 6.07) is 6.54. The van der Waals surface area contributed by atoms with Crippen LogP contribution in [0.3, 0.4) is 0 Å². The number of carbonyl (C=O) groups is 1. The van der Waals surface area contributed by atoms with Gasteiger partial charge in [-0.1, -0.05) is 12.1 Å². The van der Waals surface area contributed by atoms with Crippen molar-refractivity contribution in [1.29, 1.82) is 0 Å². The van der Waals surface area contributed by atoms with Gasteiger partial charge in [0.1, 0.15) is 11.4 Å². The highest BCUT2D eigenvalue weighted by molar-refractivity contribution is 7.86. The van der Waals surface area contributed by atoms with Crippen LogP contribution in [0, 0.1) is 0 Å². The van der Waals surface area contributed by atoms with Gasteiger partial charge in [-0.3, -0.25) is 0 Å². The van der Waals surface area contributed by atoms with Gasteiger partial charge in [-0.2, -0.15) is 8.42 Å². The van der Waals surface area contributed by atoms with E-state index in [1.165, 1.54) is 7.11 Å². The summed E-state index contributed by atoms with van der Waals surface area (Å²) in [5, 5.41) is 2.47. The highest BCUT2D eigenvalue weighted by Crippen LogP contribution is 2.21. The fourth-order valence-corrected chi connectivity index (χ4v) is 2.70. The number of hydrogen-bond donors (Lipinski definition) is 1. The van der Waals surface area contributed by atoms with Crippen molar-refractivity contribution in [3.63, 3.8) is 0 Å². The maximum absolute atomic E-state index is 13.1. The molecule has 1 aromatic carbocycles. The molecule has 0 aliphatic heterocycles. The first kappa shape index (κ1) is 19.2. The zero-order chi connectivity index (χ0) is 17.7. The average Bonchev–Trinajstić information content (AvgIpc) is 2.40. The quantitative estimate of drug-likeness (QED) is 0.800. The largest absolute Gasteiger partial charge is 0.497 e. The number of hydrogen-bond acceptors (Lipinski definition) is 5. The molecule has 0 saturated carbocycles. The molecule has 130 valence electrons. The van der Waals surface area contributed by atoms with Crippen LogP contribution < -0.4 is 10.1 Å². The summed E-state index contributed by atoms with van der Waals surface area (Å²) in [7, 11) is -3.19. The molecule has 0 aromatic heterocycles. The molecule has 0 spiro atoms. The van der Waals surface area contributed by atoms with Crippen molar-refractivity contribution in [1.82, 2.24) is 5.32 Å². The number of rotatable bonds is 6. The van der Waals surface area contributed by atoms with Crippen LogP contribution in [0.5, 0.6) is 5.75 Å². The molecule has 6 nitrogen and oxygen atoms in total. The molecule has 1 atom stereocenters. The Bertz CT molecular complexity index is 622. The average molecular weight is 347 g/mol. The molecule has 0 radical (unpaired) electrons. The minimum absolute atomic E-state index is 0.0651. The van der Waals surface area contributed by atoms with Crippen LogP contribution in [0.2, 0.25) is 0 Å². The van der Waals surface area contributed by atoms with Gasteiger partial charge in [-0.05, 0) is 38.5 Å². The summed E-state index contributed by atoms with van der Waals surface area (Å²) in [4.78, 5) is 11.7. The Hall–Kier alpha value is -1.83. The van der Waals surface area contributed by atoms with E-state index in [1.54, 1.807) is 45.0 Å². The molecular weight excluding hydrogens is 325 g/mol. The summed E-state index contributed by atoms with van der Waals surface area (Å²) in [6.07, 6.45) is -0.688. The number of alkyl carbamates (subject to hydrolysis) is 1. The monoisotopic (exact) mass is 347 g/mol. The molecule has 1 N–H and O–H groups in total. The van der Waals surface area contributed by atoms with Gasteiger partial charge in [0.05, 0.1) is 12.9 Å². The molecule has 0 heterocycles. The van der Waals surface area contributed by atoms with E-state index in [-0.39, 0.29) is 6.54 Å². The predicted octanol–water partition coefficient (Wildman–Crippen LogP) is 2.60. The van der Waals surface area contributed by atoms with Gasteiger partial charge in [0.25, 0.3) is 0 Å². The molecule has 0 aliphatic carbocycles. The first-order valence-corrected chi connectivity index (χ1v) is 8.58. The molecule has 0 bridgehead atoms. The maximum atomic E-state index is 13.1. The lowest BCUT2D eigenvalue weighted by atomic mass is 10.0. The van der Waals surface area contributed by atoms with Gasteiger partial charge in [-0.25, -0.2) is 4.79 Å². The minimum Gasteiger partial charge on any atom is -0.497 e. The summed E-state index contributed by atoms with van der Waals surface area (Å²) in [6.45, 7) is 5.06. The second-order valence-electron chi connectivity index (χ2n) is 6.06. The maximum Gasteiger partial charge on any atom is 0.407 e. The van der Waals surface area contributed by atoms with Crippen molar-refractivity contribution in [2.24, 2.45) is 0 Å². The lowest BCUT2D eigenvalue weighted by Crippen LogP contribution is -2.36. The van der Waals surface area contributed by atoms with E-state index >= 15 is 0 Å². The van der Waals surface area contributed by atoms with E-state index in [9.17, 15) is 17.1 Å². The van der Waals surface area contributed by atoms with Crippen LogP contribution in [-0.2, 0) is 15.0 Å². The molecule has 0 saturated heterocycles. The molecule has 23 heavy (non-hydrogen) atoms. The number of benzene rings is 1. The second-order valence-corrected chi connectivity index (χ2v) is 7.47. The first-order valence-electron chi connectivity index (χ1n) is 7.03. The smallest absolute Gasteiger partial charge is 0.407 e. The lowest BCUT2D eigenvalue weighted by Gasteiger charge is -2.21. The second kappa shape index (κ2) is 7.63. The SMILES string of the molecule is COc1ccc(C(CNC(=O)OC(C)(C)C)CS(=O)(=O)F)cc1. The standard InChI is InChI=1S/C15H22FNO5S/c1-15(2,3)22-14(18)17-9-12(10-23(16,19)20)11-5-7-13(21-4)8-6-11/h5-8,12H,9-10H2,1-4H3,(H,17,18). The Morgan fingerprint density at radius 2 is 1.83 bits per heavy atom. The topological polar surface area (TPSA) is 81.7 Å². The summed E-state index contributed by atoms with van der Waals surface area (Å²) in [5.74, 6) is -0.867. The van der Waals surface area contributed by atoms with E-state index in [1.807, 2.05) is 0 Å². The van der Waals surface area contributed by atoms with E-state index in [2.05, 4.69) is 5.32 Å². The molecule has 8 heteroatoms. The third-order valence-electron chi connectivity index (χ3n) is 2.88. The Morgan fingerprint density at radius 3 is 2.26 bits per heavy atom. The zero-order valence-electron chi connectivity index (χ0n) is 13.6. The van der Waals surface area contributed by atoms with Gasteiger partial charge in [0, 0.05) is 12.5 Å². The van der Waals surface area contributed by atoms with Crippen LogP contribution in [0.25, 0.3) is 0 Å². The van der Waals surface area contributed by atoms with Gasteiger partial charge in [-0.15, -0.1) is 3.89 Å². The minimum atomic E-state index is -4.69. The van der Waals surface area contributed by atoms with Gasteiger partial charge < -0.3 is 14.8 Å². The van der Waals surface area contributed by atoms with Crippen LogP contribution in [0.4, 0.5) is 8.68 Å². The van der Waals surface area contributed by atoms with Crippen molar-refractivity contribution < 1.29 is 26.6 Å². The Labute approximate surface area is 136 Å². The summed E-state index contributed by atoms with van der Waals surface area (Å²) < 4.78 is 45.1. The molecule has 0 aliphatic rings. The molecule has 1 unspecified atom stereocenters. The van der Waals surface area contributed by atoms with E-state index in [0.717, 1.165) is 0 Å². The van der Waals surface area contributed by atoms with Crippen molar-refractivity contribution >= 4 is 16.3 Å². The Kier molecular flexibility index (Phi) is 6.37. The highest BCUT2D eigenvalue weighted by Gasteiger charge is 2.23. The molecule has 0 fully saturated rings. The van der Waals surface area contributed by atoms with Crippen LogP contribution in [0.15, 0.2) is 24.3 Å². The normalized spacial score (nSPS) is 13.3. The summed E-state index contributed by atoms with van der Waals surface area (Å²) >= 11 is 0. The number of ether oxygens (including phenoxy) is 2. The molecular formula is C15H22FNO5S. The van der Waals surface area contributed by atoms with E-state index in [0.29, 0.717) is 11.3 Å². The third-order valence-corrected chi connectivity index (χ3v) is 3.68. The van der Waals surface area contributed by atoms with Gasteiger partial charge >= 0.3 is 16.3 Å². The molecule has 1 rings (SSSR count). The number of halogens is 1. The Morgan fingerprint density at radius 1 is 1.26 bits per heavy atom. The number of carbonyl (C=O) groups excluding carboxylic acids is 1. The van der Waals surface area contributed by atoms with Crippen LogP contribution in [0.1, 0.15) is 32.3 Å². The van der Waals surface area contributed by atoms with Crippen molar-refractivity contribution in [2.75, 3.05) is 19.4 Å². The van der Waals surface area contributed by atoms with E-state index < -0.39 is 33.6 Å². The van der Waals surface area contributed by atoms with Gasteiger partial charge in [0.2, 0.25) is 0 Å². The Balaban J connectivity index is 2.82. The van der Waals surface area contributed by atoms with E-state index in [4.69, 9.17) is 9.47 Å². The number of nitrogens with one attached hydrogen (secondary N) is 1. The first-order chi connectivity index (χ1) is 10.5. The van der Waals surface area contributed by atoms with Crippen LogP contribution in [-0.4, -0.2) is 39.5 Å². The van der Waals surface area contributed by atoms with Crippen LogP contribution >= 0.6 is 0 Å². The number of amides is 1. The molecule has 1 aromatic rings. The zero-order valence-corrected chi connectivity index (χ0v) is 14.4. The molecule has 1 amide bonds. The number of methoxy groups -OCH3 is 1. The summed E-state index contributed by atoms with van der Waals surface area (Å²) in [5.41, 5.74) is -0.102. The van der Waals surface area contributed by atoms with Gasteiger partial charge in [0.15, 0.2) is 0 Å². The third kappa shape index (κ3) is 7.83. The lowest BCUT2D eigenvalue weighted by molar-refractivity contribution is 0.0525. The van der Waals surface area contributed by atoms with Crippen molar-refractivity contribution in [3.8, 4) is 5.75 Å². The fraction of sp³-hybridized carbons (Fsp3) is 0.533. The van der Waals surface area contributed by atoms with Crippen molar-refractivity contribution in [3.05, 3.63) is 29.8 Å². The van der Waals surface area contributed by atoms with Crippen molar-refractivity contribution in [2.45, 2.75) is 32.3 Å². The highest BCUT2D eigenvalue weighted by atomic mass is 32.3.